The summed E-state index contributed by atoms with van der Waals surface area (Å²) in [6.45, 7) is 0. The first-order valence-corrected chi connectivity index (χ1v) is 21.2. The quantitative estimate of drug-likeness (QED) is 0.145. The highest BCUT2D eigenvalue weighted by atomic mass is 16.3. The molecule has 0 unspecified atom stereocenters. The molecule has 0 N–H and O–H groups in total. The van der Waals surface area contributed by atoms with Gasteiger partial charge in [0.15, 0.2) is 0 Å². The van der Waals surface area contributed by atoms with Gasteiger partial charge in [0.25, 0.3) is 0 Å². The lowest BCUT2D eigenvalue weighted by Gasteiger charge is -2.28. The van der Waals surface area contributed by atoms with E-state index in [0.717, 1.165) is 72.7 Å². The van der Waals surface area contributed by atoms with Crippen molar-refractivity contribution in [3.8, 4) is 67.0 Å². The predicted molar refractivity (Wildman–Crippen MR) is 261 cm³/mol. The summed E-state index contributed by atoms with van der Waals surface area (Å²) in [5.41, 5.74) is 16.9. The summed E-state index contributed by atoms with van der Waals surface area (Å²) in [4.78, 5) is 2.39. The minimum atomic E-state index is 0.886. The second-order valence-electron chi connectivity index (χ2n) is 15.7. The minimum Gasteiger partial charge on any atom is -0.455 e. The van der Waals surface area contributed by atoms with Gasteiger partial charge in [0.1, 0.15) is 11.3 Å². The number of nitrogens with zero attached hydrogens (tertiary/aromatic N) is 1. The largest absolute Gasteiger partial charge is 0.455 e. The maximum atomic E-state index is 6.55. The van der Waals surface area contributed by atoms with Gasteiger partial charge in [0, 0.05) is 33.5 Å². The molecule has 0 fully saturated rings. The van der Waals surface area contributed by atoms with Gasteiger partial charge in [0.2, 0.25) is 0 Å². The Hall–Kier alpha value is -8.20. The summed E-state index contributed by atoms with van der Waals surface area (Å²) in [5, 5.41) is 3.54. The lowest BCUT2D eigenvalue weighted by Crippen LogP contribution is -2.11. The highest BCUT2D eigenvalue weighted by Crippen LogP contribution is 2.44. The summed E-state index contributed by atoms with van der Waals surface area (Å²) in [7, 11) is 0. The first-order valence-electron chi connectivity index (χ1n) is 21.2. The Morgan fingerprint density at radius 1 is 0.290 bits per heavy atom. The molecule has 0 amide bonds. The van der Waals surface area contributed by atoms with Crippen LogP contribution in [0.15, 0.2) is 253 Å². The summed E-state index contributed by atoms with van der Waals surface area (Å²) in [6, 6.07) is 88.9. The zero-order valence-electron chi connectivity index (χ0n) is 34.0. The van der Waals surface area contributed by atoms with E-state index in [9.17, 15) is 0 Å². The molecule has 0 atom stereocenters. The maximum Gasteiger partial charge on any atom is 0.143 e. The van der Waals surface area contributed by atoms with Crippen LogP contribution < -0.4 is 4.90 Å². The van der Waals surface area contributed by atoms with Crippen molar-refractivity contribution in [2.24, 2.45) is 0 Å². The fourth-order valence-electron chi connectivity index (χ4n) is 8.77. The van der Waals surface area contributed by atoms with E-state index in [4.69, 9.17) is 4.42 Å². The van der Waals surface area contributed by atoms with Crippen LogP contribution in [0.3, 0.4) is 0 Å². The maximum absolute atomic E-state index is 6.55. The van der Waals surface area contributed by atoms with E-state index in [0.29, 0.717) is 0 Å². The first kappa shape index (κ1) is 36.8. The van der Waals surface area contributed by atoms with Crippen molar-refractivity contribution >= 4 is 38.8 Å². The third-order valence-corrected chi connectivity index (χ3v) is 11.9. The van der Waals surface area contributed by atoms with Crippen molar-refractivity contribution in [1.82, 2.24) is 0 Å². The summed E-state index contributed by atoms with van der Waals surface area (Å²) < 4.78 is 6.55. The molecule has 292 valence electrons. The van der Waals surface area contributed by atoms with Crippen molar-refractivity contribution in [2.75, 3.05) is 4.90 Å². The standard InChI is InChI=1S/C60H41NO/c1-3-14-42(15-4-1)44-30-32-48(33-31-44)55-22-9-11-24-57(55)61(54-39-36-43-16-7-8-19-51(43)41-54)53-37-34-46(35-38-53)45-26-28-47(29-27-45)50-20-13-21-52(40-50)60-59(49-17-5-2-6-18-49)56-23-10-12-25-58(56)62-60/h1-41H. The predicted octanol–water partition coefficient (Wildman–Crippen LogP) is 17.1. The average molecular weight is 792 g/mol. The summed E-state index contributed by atoms with van der Waals surface area (Å²) in [5.74, 6) is 0.886. The Bertz CT molecular complexity index is 3310. The number of rotatable bonds is 9. The smallest absolute Gasteiger partial charge is 0.143 e. The topological polar surface area (TPSA) is 16.4 Å². The van der Waals surface area contributed by atoms with Crippen molar-refractivity contribution < 1.29 is 4.42 Å². The molecule has 0 aliphatic carbocycles. The molecule has 11 rings (SSSR count). The molecule has 1 aromatic heterocycles. The van der Waals surface area contributed by atoms with Crippen LogP contribution in [0.5, 0.6) is 0 Å². The van der Waals surface area contributed by atoms with Gasteiger partial charge in [-0.2, -0.15) is 0 Å². The van der Waals surface area contributed by atoms with E-state index in [1.54, 1.807) is 0 Å². The zero-order valence-corrected chi connectivity index (χ0v) is 34.0. The lowest BCUT2D eigenvalue weighted by molar-refractivity contribution is 0.632. The molecule has 2 heteroatoms. The van der Waals surface area contributed by atoms with Gasteiger partial charge >= 0.3 is 0 Å². The van der Waals surface area contributed by atoms with Crippen LogP contribution in [0.2, 0.25) is 0 Å². The van der Waals surface area contributed by atoms with Crippen molar-refractivity contribution in [2.45, 2.75) is 0 Å². The van der Waals surface area contributed by atoms with E-state index >= 15 is 0 Å². The Kier molecular flexibility index (Phi) is 9.57. The molecule has 62 heavy (non-hydrogen) atoms. The van der Waals surface area contributed by atoms with Gasteiger partial charge in [-0.05, 0) is 97.7 Å². The van der Waals surface area contributed by atoms with E-state index in [1.165, 1.54) is 33.0 Å². The minimum absolute atomic E-state index is 0.886. The molecule has 0 saturated heterocycles. The van der Waals surface area contributed by atoms with E-state index < -0.39 is 0 Å². The third kappa shape index (κ3) is 7.04. The number of furan rings is 1. The molecule has 0 aliphatic heterocycles. The monoisotopic (exact) mass is 791 g/mol. The number of benzene rings is 10. The van der Waals surface area contributed by atoms with Crippen molar-refractivity contribution in [1.29, 1.82) is 0 Å². The van der Waals surface area contributed by atoms with Crippen LogP contribution >= 0.6 is 0 Å². The normalized spacial score (nSPS) is 11.2. The molecule has 11 aromatic rings. The fraction of sp³-hybridized carbons (Fsp3) is 0. The second kappa shape index (κ2) is 16.1. The van der Waals surface area contributed by atoms with Gasteiger partial charge in [-0.25, -0.2) is 0 Å². The summed E-state index contributed by atoms with van der Waals surface area (Å²) in [6.07, 6.45) is 0. The van der Waals surface area contributed by atoms with E-state index in [-0.39, 0.29) is 0 Å². The molecule has 0 bridgehead atoms. The first-order chi connectivity index (χ1) is 30.7. The Labute approximate surface area is 362 Å². The molecule has 0 radical (unpaired) electrons. The van der Waals surface area contributed by atoms with Gasteiger partial charge in [-0.1, -0.05) is 206 Å². The molecule has 2 nitrogen and oxygen atoms in total. The molecule has 1 heterocycles. The van der Waals surface area contributed by atoms with Crippen LogP contribution in [0.25, 0.3) is 88.7 Å². The number of hydrogen-bond donors (Lipinski definition) is 0. The van der Waals surface area contributed by atoms with Gasteiger partial charge in [0.05, 0.1) is 5.69 Å². The fourth-order valence-corrected chi connectivity index (χ4v) is 8.77. The number of para-hydroxylation sites is 2. The van der Waals surface area contributed by atoms with Crippen LogP contribution in [0.4, 0.5) is 17.1 Å². The van der Waals surface area contributed by atoms with Crippen LogP contribution in [-0.2, 0) is 0 Å². The highest BCUT2D eigenvalue weighted by Gasteiger charge is 2.20. The second-order valence-corrected chi connectivity index (χ2v) is 15.7. The molecular weight excluding hydrogens is 751 g/mol. The van der Waals surface area contributed by atoms with E-state index in [2.05, 4.69) is 241 Å². The number of hydrogen-bond acceptors (Lipinski definition) is 2. The number of fused-ring (bicyclic) bond motifs is 2. The van der Waals surface area contributed by atoms with Crippen LogP contribution in [-0.4, -0.2) is 0 Å². The lowest BCUT2D eigenvalue weighted by atomic mass is 9.95. The van der Waals surface area contributed by atoms with Gasteiger partial charge in [-0.3, -0.25) is 0 Å². The third-order valence-electron chi connectivity index (χ3n) is 11.9. The van der Waals surface area contributed by atoms with Gasteiger partial charge < -0.3 is 9.32 Å². The SMILES string of the molecule is c1ccc(-c2ccc(-c3ccccc3N(c3ccc(-c4ccc(-c5cccc(-c6oc7ccccc7c6-c6ccccc6)c5)cc4)cc3)c3ccc4ccccc4c3)cc2)cc1. The molecule has 0 aliphatic rings. The molecular formula is C60H41NO. The van der Waals surface area contributed by atoms with Gasteiger partial charge in [-0.15, -0.1) is 0 Å². The Morgan fingerprint density at radius 2 is 0.790 bits per heavy atom. The molecule has 0 saturated carbocycles. The Balaban J connectivity index is 0.922. The van der Waals surface area contributed by atoms with Crippen LogP contribution in [0, 0.1) is 0 Å². The van der Waals surface area contributed by atoms with Crippen molar-refractivity contribution in [3.63, 3.8) is 0 Å². The van der Waals surface area contributed by atoms with Crippen molar-refractivity contribution in [3.05, 3.63) is 249 Å². The zero-order chi connectivity index (χ0) is 41.2. The highest BCUT2D eigenvalue weighted by molar-refractivity contribution is 6.02. The number of anilines is 3. The van der Waals surface area contributed by atoms with Crippen LogP contribution in [0.1, 0.15) is 0 Å². The average Bonchev–Trinajstić information content (AvgIpc) is 3.75. The Morgan fingerprint density at radius 3 is 1.52 bits per heavy atom. The summed E-state index contributed by atoms with van der Waals surface area (Å²) >= 11 is 0. The molecule has 10 aromatic carbocycles. The molecule has 0 spiro atoms. The van der Waals surface area contributed by atoms with E-state index in [1.807, 2.05) is 12.1 Å².